The Morgan fingerprint density at radius 2 is 1.00 bits per heavy atom. The highest BCUT2D eigenvalue weighted by Gasteiger charge is 2.41. The number of aliphatic hydroxyl groups is 2. The van der Waals surface area contributed by atoms with Gasteiger partial charge in [-0.2, -0.15) is 0 Å². The van der Waals surface area contributed by atoms with Crippen molar-refractivity contribution < 1.29 is 48.3 Å². The highest BCUT2D eigenvalue weighted by Crippen LogP contribution is 2.42. The van der Waals surface area contributed by atoms with Crippen LogP contribution in [0, 0.1) is 23.7 Å². The van der Waals surface area contributed by atoms with E-state index in [0.717, 1.165) is 46.0 Å². The summed E-state index contributed by atoms with van der Waals surface area (Å²) in [6.45, 7) is 15.9. The monoisotopic (exact) mass is 954 g/mol. The standard InChI is InChI=1S/C56H66N4O10/c1-7-67-45-15-11-9-13-37(45)51(61)35-17-19-43-39(25-35)41-21-33(29-57-27-31(3)4)23-47(49(41)59-43)69-55(65)53(63)54(64)56(66)70-48-24-34(30-58-28-32(5)6)22-42-40-26-36(18-20-44(40)60-50(42)48)52(62)38-14-10-12-16-46(38)68-8-2/h9-20,25-26,31-34,47-48,53-54,57-60,63-64H,7-8,21-24,27-30H2,1-6H3. The van der Waals surface area contributed by atoms with E-state index in [1.165, 1.54) is 0 Å². The number of para-hydroxylation sites is 2. The minimum Gasteiger partial charge on any atom is -0.493 e. The van der Waals surface area contributed by atoms with Crippen LogP contribution >= 0.6 is 0 Å². The molecule has 6 unspecified atom stereocenters. The lowest BCUT2D eigenvalue weighted by molar-refractivity contribution is -0.181. The summed E-state index contributed by atoms with van der Waals surface area (Å²) < 4.78 is 23.6. The Morgan fingerprint density at radius 3 is 1.39 bits per heavy atom. The Balaban J connectivity index is 1.02. The molecule has 4 aromatic carbocycles. The number of ether oxygens (including phenoxy) is 4. The summed E-state index contributed by atoms with van der Waals surface area (Å²) in [6.07, 6.45) is -4.16. The Kier molecular flexibility index (Phi) is 15.9. The van der Waals surface area contributed by atoms with Crippen molar-refractivity contribution in [3.8, 4) is 11.5 Å². The number of rotatable bonds is 21. The van der Waals surface area contributed by atoms with Crippen molar-refractivity contribution in [2.45, 2.75) is 91.6 Å². The topological polar surface area (TPSA) is 201 Å². The summed E-state index contributed by atoms with van der Waals surface area (Å²) >= 11 is 0. The van der Waals surface area contributed by atoms with Crippen LogP contribution in [-0.2, 0) is 31.9 Å². The number of carbonyl (C=O) groups excluding carboxylic acids is 4. The second kappa shape index (κ2) is 22.2. The van der Waals surface area contributed by atoms with Gasteiger partial charge in [0.25, 0.3) is 0 Å². The van der Waals surface area contributed by atoms with Gasteiger partial charge in [0.1, 0.15) is 23.7 Å². The van der Waals surface area contributed by atoms with Gasteiger partial charge in [-0.15, -0.1) is 0 Å². The van der Waals surface area contributed by atoms with Crippen LogP contribution in [0.15, 0.2) is 84.9 Å². The number of hydrogen-bond donors (Lipinski definition) is 6. The molecule has 0 radical (unpaired) electrons. The number of nitrogens with one attached hydrogen (secondary N) is 4. The number of H-pyrrole nitrogens is 2. The maximum Gasteiger partial charge on any atom is 0.339 e. The summed E-state index contributed by atoms with van der Waals surface area (Å²) in [5, 5.41) is 31.4. The van der Waals surface area contributed by atoms with E-state index < -0.39 is 36.4 Å². The van der Waals surface area contributed by atoms with Gasteiger partial charge in [0.05, 0.1) is 35.7 Å². The second-order valence-electron chi connectivity index (χ2n) is 19.5. The smallest absolute Gasteiger partial charge is 0.339 e. The minimum absolute atomic E-state index is 0.00739. The molecule has 370 valence electrons. The predicted octanol–water partition coefficient (Wildman–Crippen LogP) is 8.12. The SMILES string of the molecule is CCOc1ccccc1C(=O)c1ccc2[nH]c3c(c2c1)CC(CNCC(C)C)CC3OC(=O)C(O)C(O)C(=O)OC1CC(CNCC(C)C)Cc2c1[nH]c1ccc(C(=O)c3ccccc3OCC)cc21. The maximum atomic E-state index is 13.9. The minimum atomic E-state index is -2.25. The average Bonchev–Trinajstić information content (AvgIpc) is 3.91. The van der Waals surface area contributed by atoms with Crippen molar-refractivity contribution >= 4 is 45.3 Å². The molecule has 6 aromatic rings. The van der Waals surface area contributed by atoms with Gasteiger partial charge in [-0.3, -0.25) is 9.59 Å². The number of aromatic amines is 2. The lowest BCUT2D eigenvalue weighted by Crippen LogP contribution is -2.43. The number of aliphatic hydroxyl groups excluding tert-OH is 2. The highest BCUT2D eigenvalue weighted by atomic mass is 16.6. The first kappa shape index (κ1) is 50.1. The molecule has 14 nitrogen and oxygen atoms in total. The number of carbonyl (C=O) groups is 4. The average molecular weight is 955 g/mol. The van der Waals surface area contributed by atoms with E-state index in [-0.39, 0.29) is 23.4 Å². The molecule has 0 saturated carbocycles. The Labute approximate surface area is 408 Å². The fourth-order valence-electron chi connectivity index (χ4n) is 9.93. The van der Waals surface area contributed by atoms with Crippen molar-refractivity contribution in [2.75, 3.05) is 39.4 Å². The Hall–Kier alpha value is -6.32. The summed E-state index contributed by atoms with van der Waals surface area (Å²) in [6, 6.07) is 25.2. The summed E-state index contributed by atoms with van der Waals surface area (Å²) in [7, 11) is 0. The largest absolute Gasteiger partial charge is 0.493 e. The van der Waals surface area contributed by atoms with Crippen molar-refractivity contribution in [1.82, 2.24) is 20.6 Å². The zero-order valence-corrected chi connectivity index (χ0v) is 40.9. The van der Waals surface area contributed by atoms with E-state index in [0.29, 0.717) is 109 Å². The lowest BCUT2D eigenvalue weighted by atomic mass is 9.84. The molecule has 2 aliphatic rings. The maximum absolute atomic E-state index is 13.9. The molecule has 14 heteroatoms. The van der Waals surface area contributed by atoms with Crippen molar-refractivity contribution in [1.29, 1.82) is 0 Å². The molecule has 0 saturated heterocycles. The Morgan fingerprint density at radius 1 is 0.600 bits per heavy atom. The van der Waals surface area contributed by atoms with Gasteiger partial charge in [-0.25, -0.2) is 9.59 Å². The molecule has 6 N–H and O–H groups in total. The van der Waals surface area contributed by atoms with Gasteiger partial charge in [0.2, 0.25) is 0 Å². The van der Waals surface area contributed by atoms with Crippen molar-refractivity contribution in [2.24, 2.45) is 23.7 Å². The first-order chi connectivity index (χ1) is 33.7. The molecule has 70 heavy (non-hydrogen) atoms. The van der Waals surface area contributed by atoms with Crippen molar-refractivity contribution in [3.63, 3.8) is 0 Å². The van der Waals surface area contributed by atoms with E-state index in [9.17, 15) is 29.4 Å². The number of aromatic nitrogens is 2. The van der Waals surface area contributed by atoms with E-state index in [1.807, 2.05) is 50.2 Å². The van der Waals surface area contributed by atoms with Crippen LogP contribution in [0.25, 0.3) is 21.8 Å². The van der Waals surface area contributed by atoms with E-state index in [2.05, 4.69) is 48.3 Å². The molecule has 8 rings (SSSR count). The van der Waals surface area contributed by atoms with Crippen LogP contribution in [0.5, 0.6) is 11.5 Å². The number of hydrogen-bond acceptors (Lipinski definition) is 12. The highest BCUT2D eigenvalue weighted by molar-refractivity contribution is 6.13. The number of esters is 2. The normalized spacial score (nSPS) is 18.6. The van der Waals surface area contributed by atoms with Crippen molar-refractivity contribution in [3.05, 3.63) is 130 Å². The van der Waals surface area contributed by atoms with Crippen LogP contribution in [0.4, 0.5) is 0 Å². The molecular formula is C56H66N4O10. The molecule has 0 fully saturated rings. The first-order valence-electron chi connectivity index (χ1n) is 24.7. The van der Waals surface area contributed by atoms with E-state index in [4.69, 9.17) is 18.9 Å². The lowest BCUT2D eigenvalue weighted by Gasteiger charge is -2.31. The van der Waals surface area contributed by atoms with Crippen LogP contribution in [-0.4, -0.2) is 95.3 Å². The number of fused-ring (bicyclic) bond motifs is 6. The molecule has 0 spiro atoms. The van der Waals surface area contributed by atoms with Gasteiger partial charge in [0, 0.05) is 32.9 Å². The third-order valence-electron chi connectivity index (χ3n) is 13.3. The third kappa shape index (κ3) is 11.0. The molecule has 6 atom stereocenters. The Bertz CT molecular complexity index is 2650. The first-order valence-corrected chi connectivity index (χ1v) is 24.7. The summed E-state index contributed by atoms with van der Waals surface area (Å²) in [5.41, 5.74) is 6.36. The zero-order valence-electron chi connectivity index (χ0n) is 40.9. The molecule has 2 heterocycles. The fraction of sp³-hybridized carbons (Fsp3) is 0.429. The van der Waals surface area contributed by atoms with Gasteiger partial charge in [-0.05, 0) is 161 Å². The van der Waals surface area contributed by atoms with Crippen LogP contribution in [0.2, 0.25) is 0 Å². The molecule has 0 aliphatic heterocycles. The number of benzene rings is 4. The molecule has 2 aromatic heterocycles. The quantitative estimate of drug-likeness (QED) is 0.0300. The summed E-state index contributed by atoms with van der Waals surface area (Å²) in [5.74, 6) is -0.883. The van der Waals surface area contributed by atoms with Crippen LogP contribution < -0.4 is 20.1 Å². The fourth-order valence-corrected chi connectivity index (χ4v) is 9.93. The van der Waals surface area contributed by atoms with Crippen LogP contribution in [0.1, 0.15) is 121 Å². The molecular weight excluding hydrogens is 889 g/mol. The van der Waals surface area contributed by atoms with Gasteiger partial charge in [-0.1, -0.05) is 52.0 Å². The van der Waals surface area contributed by atoms with Gasteiger partial charge in [0.15, 0.2) is 23.8 Å². The van der Waals surface area contributed by atoms with Gasteiger partial charge < -0.3 is 49.8 Å². The van der Waals surface area contributed by atoms with E-state index >= 15 is 0 Å². The second-order valence-corrected chi connectivity index (χ2v) is 19.5. The summed E-state index contributed by atoms with van der Waals surface area (Å²) in [4.78, 5) is 62.4. The predicted molar refractivity (Wildman–Crippen MR) is 267 cm³/mol. The molecule has 0 bridgehead atoms. The molecule has 0 amide bonds. The molecule has 2 aliphatic carbocycles. The number of ketones is 2. The van der Waals surface area contributed by atoms with Crippen LogP contribution in [0.3, 0.4) is 0 Å². The third-order valence-corrected chi connectivity index (χ3v) is 13.3. The zero-order chi connectivity index (χ0) is 49.6. The van der Waals surface area contributed by atoms with Gasteiger partial charge >= 0.3 is 11.9 Å². The van der Waals surface area contributed by atoms with E-state index in [1.54, 1.807) is 48.5 Å².